The van der Waals surface area contributed by atoms with Gasteiger partial charge in [0.25, 0.3) is 5.56 Å². The Kier molecular flexibility index (Phi) is 2.56. The second-order valence-electron chi connectivity index (χ2n) is 4.49. The molecule has 0 aliphatic heterocycles. The van der Waals surface area contributed by atoms with E-state index in [1.54, 1.807) is 0 Å². The van der Waals surface area contributed by atoms with E-state index < -0.39 is 0 Å². The third-order valence-electron chi connectivity index (χ3n) is 2.66. The van der Waals surface area contributed by atoms with Crippen molar-refractivity contribution in [2.24, 2.45) is 0 Å². The van der Waals surface area contributed by atoms with Crippen molar-refractivity contribution in [3.8, 4) is 0 Å². The topological polar surface area (TPSA) is 57.8 Å². The quantitative estimate of drug-likeness (QED) is 0.744. The molecule has 0 spiro atoms. The molecule has 5 heteroatoms. The lowest BCUT2D eigenvalue weighted by molar-refractivity contribution is 0.876. The molecule has 92 valence electrons. The van der Waals surface area contributed by atoms with E-state index in [0.29, 0.717) is 10.6 Å². The van der Waals surface area contributed by atoms with Gasteiger partial charge in [0.2, 0.25) is 5.95 Å². The Morgan fingerprint density at radius 2 is 2.11 bits per heavy atom. The largest absolute Gasteiger partial charge is 0.354 e. The minimum Gasteiger partial charge on any atom is -0.354 e. The van der Waals surface area contributed by atoms with Gasteiger partial charge in [0.1, 0.15) is 4.70 Å². The minimum absolute atomic E-state index is 0.0793. The zero-order valence-corrected chi connectivity index (χ0v) is 11.0. The van der Waals surface area contributed by atoms with Crippen molar-refractivity contribution in [3.05, 3.63) is 34.6 Å². The maximum atomic E-state index is 12.0. The fourth-order valence-electron chi connectivity index (χ4n) is 1.94. The number of aromatic amines is 1. The number of H-pyrrole nitrogens is 1. The minimum atomic E-state index is -0.0793. The van der Waals surface area contributed by atoms with Crippen LogP contribution in [0, 0.1) is 0 Å². The second-order valence-corrected chi connectivity index (χ2v) is 5.54. The Hall–Kier alpha value is -1.88. The van der Waals surface area contributed by atoms with E-state index in [1.807, 2.05) is 38.1 Å². The van der Waals surface area contributed by atoms with Crippen LogP contribution >= 0.6 is 11.3 Å². The van der Waals surface area contributed by atoms with Crippen molar-refractivity contribution in [1.29, 1.82) is 0 Å². The zero-order valence-electron chi connectivity index (χ0n) is 10.2. The molecular formula is C13H13N3OS. The summed E-state index contributed by atoms with van der Waals surface area (Å²) in [6.07, 6.45) is 0. The highest BCUT2D eigenvalue weighted by Gasteiger charge is 2.11. The number of benzene rings is 1. The van der Waals surface area contributed by atoms with E-state index in [4.69, 9.17) is 0 Å². The molecule has 3 aromatic rings. The third kappa shape index (κ3) is 1.76. The van der Waals surface area contributed by atoms with Crippen LogP contribution in [0.4, 0.5) is 5.95 Å². The molecule has 2 aromatic heterocycles. The van der Waals surface area contributed by atoms with Crippen LogP contribution in [0.5, 0.6) is 0 Å². The lowest BCUT2D eigenvalue weighted by Crippen LogP contribution is -2.17. The number of aromatic nitrogens is 2. The van der Waals surface area contributed by atoms with Crippen LogP contribution in [-0.4, -0.2) is 16.0 Å². The molecule has 0 aliphatic carbocycles. The smallest absolute Gasteiger partial charge is 0.270 e. The lowest BCUT2D eigenvalue weighted by atomic mass is 10.2. The number of hydrogen-bond donors (Lipinski definition) is 2. The van der Waals surface area contributed by atoms with E-state index in [-0.39, 0.29) is 11.6 Å². The van der Waals surface area contributed by atoms with Crippen LogP contribution in [0.1, 0.15) is 13.8 Å². The fourth-order valence-corrected chi connectivity index (χ4v) is 2.98. The van der Waals surface area contributed by atoms with Gasteiger partial charge in [0, 0.05) is 16.1 Å². The van der Waals surface area contributed by atoms with Crippen LogP contribution in [0.15, 0.2) is 29.1 Å². The molecule has 0 saturated carbocycles. The molecule has 0 saturated heterocycles. The van der Waals surface area contributed by atoms with E-state index in [9.17, 15) is 4.79 Å². The number of nitrogens with zero attached hydrogens (tertiary/aromatic N) is 1. The Morgan fingerprint density at radius 3 is 2.89 bits per heavy atom. The summed E-state index contributed by atoms with van der Waals surface area (Å²) in [6, 6.07) is 8.18. The van der Waals surface area contributed by atoms with Crippen molar-refractivity contribution in [3.63, 3.8) is 0 Å². The first kappa shape index (κ1) is 11.2. The maximum absolute atomic E-state index is 12.0. The van der Waals surface area contributed by atoms with Gasteiger partial charge >= 0.3 is 0 Å². The number of thiophene rings is 1. The van der Waals surface area contributed by atoms with Gasteiger partial charge in [0.05, 0.1) is 5.52 Å². The molecule has 0 amide bonds. The summed E-state index contributed by atoms with van der Waals surface area (Å²) >= 11 is 1.48. The standard InChI is InChI=1S/C13H13N3OS/c1-7(2)14-13-15-10-8-5-3-4-6-9(8)18-11(10)12(17)16-13/h3-7H,1-2H3,(H2,14,15,16,17). The van der Waals surface area contributed by atoms with E-state index in [1.165, 1.54) is 11.3 Å². The summed E-state index contributed by atoms with van der Waals surface area (Å²) in [4.78, 5) is 19.3. The highest BCUT2D eigenvalue weighted by atomic mass is 32.1. The molecule has 0 radical (unpaired) electrons. The summed E-state index contributed by atoms with van der Waals surface area (Å²) in [7, 11) is 0. The summed E-state index contributed by atoms with van der Waals surface area (Å²) in [5.41, 5.74) is 0.701. The third-order valence-corrected chi connectivity index (χ3v) is 3.82. The number of nitrogens with one attached hydrogen (secondary N) is 2. The Balaban J connectivity index is 2.33. The Bertz CT molecular complexity index is 773. The van der Waals surface area contributed by atoms with Gasteiger partial charge < -0.3 is 5.32 Å². The van der Waals surface area contributed by atoms with Gasteiger partial charge in [-0.25, -0.2) is 4.98 Å². The predicted octanol–water partition coefficient (Wildman–Crippen LogP) is 2.96. The van der Waals surface area contributed by atoms with Gasteiger partial charge in [-0.2, -0.15) is 0 Å². The molecule has 3 rings (SSSR count). The second kappa shape index (κ2) is 4.10. The highest BCUT2D eigenvalue weighted by molar-refractivity contribution is 7.25. The normalized spacial score (nSPS) is 11.5. The SMILES string of the molecule is CC(C)Nc1nc2c(sc3ccccc32)c(=O)[nH]1. The van der Waals surface area contributed by atoms with Crippen molar-refractivity contribution in [1.82, 2.24) is 9.97 Å². The molecule has 2 heterocycles. The van der Waals surface area contributed by atoms with Gasteiger partial charge in [-0.05, 0) is 19.9 Å². The maximum Gasteiger partial charge on any atom is 0.270 e. The van der Waals surface area contributed by atoms with Crippen LogP contribution in [0.2, 0.25) is 0 Å². The molecule has 0 fully saturated rings. The monoisotopic (exact) mass is 259 g/mol. The molecule has 0 aliphatic rings. The van der Waals surface area contributed by atoms with Crippen molar-refractivity contribution >= 4 is 37.6 Å². The molecule has 2 N–H and O–H groups in total. The van der Waals surface area contributed by atoms with Gasteiger partial charge in [-0.1, -0.05) is 18.2 Å². The summed E-state index contributed by atoms with van der Waals surface area (Å²) < 4.78 is 1.78. The first-order valence-electron chi connectivity index (χ1n) is 5.83. The van der Waals surface area contributed by atoms with Crippen molar-refractivity contribution < 1.29 is 0 Å². The molecule has 18 heavy (non-hydrogen) atoms. The molecular weight excluding hydrogens is 246 g/mol. The molecule has 1 aromatic carbocycles. The summed E-state index contributed by atoms with van der Waals surface area (Å²) in [5, 5.41) is 4.17. The molecule has 0 unspecified atom stereocenters. The number of hydrogen-bond acceptors (Lipinski definition) is 4. The van der Waals surface area contributed by atoms with Crippen molar-refractivity contribution in [2.45, 2.75) is 19.9 Å². The lowest BCUT2D eigenvalue weighted by Gasteiger charge is -2.07. The molecule has 0 bridgehead atoms. The zero-order chi connectivity index (χ0) is 12.7. The number of anilines is 1. The average molecular weight is 259 g/mol. The van der Waals surface area contributed by atoms with Crippen LogP contribution in [0.3, 0.4) is 0 Å². The van der Waals surface area contributed by atoms with Gasteiger partial charge in [-0.15, -0.1) is 11.3 Å². The van der Waals surface area contributed by atoms with E-state index in [2.05, 4.69) is 15.3 Å². The highest BCUT2D eigenvalue weighted by Crippen LogP contribution is 2.30. The summed E-state index contributed by atoms with van der Waals surface area (Å²) in [5.74, 6) is 0.533. The Morgan fingerprint density at radius 1 is 1.33 bits per heavy atom. The van der Waals surface area contributed by atoms with Gasteiger partial charge in [-0.3, -0.25) is 9.78 Å². The van der Waals surface area contributed by atoms with E-state index >= 15 is 0 Å². The first-order chi connectivity index (χ1) is 8.65. The van der Waals surface area contributed by atoms with Crippen LogP contribution in [0.25, 0.3) is 20.3 Å². The van der Waals surface area contributed by atoms with Gasteiger partial charge in [0.15, 0.2) is 0 Å². The molecule has 4 nitrogen and oxygen atoms in total. The van der Waals surface area contributed by atoms with Crippen LogP contribution < -0.4 is 10.9 Å². The van der Waals surface area contributed by atoms with Crippen molar-refractivity contribution in [2.75, 3.05) is 5.32 Å². The number of fused-ring (bicyclic) bond motifs is 3. The molecule has 0 atom stereocenters. The Labute approximate surface area is 108 Å². The average Bonchev–Trinajstić information content (AvgIpc) is 2.68. The van der Waals surface area contributed by atoms with E-state index in [0.717, 1.165) is 15.6 Å². The predicted molar refractivity (Wildman–Crippen MR) is 76.5 cm³/mol. The van der Waals surface area contributed by atoms with Crippen LogP contribution in [-0.2, 0) is 0 Å². The summed E-state index contributed by atoms with van der Waals surface area (Å²) in [6.45, 7) is 4.02. The fraction of sp³-hybridized carbons (Fsp3) is 0.231. The number of rotatable bonds is 2. The first-order valence-corrected chi connectivity index (χ1v) is 6.65.